The Balaban J connectivity index is 2.85. The molecular formula is C8H11F3O. The topological polar surface area (TPSA) is 9.23 Å². The second-order valence-electron chi connectivity index (χ2n) is 2.92. The molecule has 0 aliphatic carbocycles. The molecule has 0 saturated carbocycles. The molecule has 0 N–H and O–H groups in total. The number of ether oxygens (including phenoxy) is 1. The molecule has 0 aromatic carbocycles. The lowest BCUT2D eigenvalue weighted by atomic mass is 10.1. The SMILES string of the molecule is CCC1=C(C(F)(F)F)OC(C)C1. The Morgan fingerprint density at radius 2 is 2.08 bits per heavy atom. The van der Waals surface area contributed by atoms with Gasteiger partial charge in [-0.3, -0.25) is 0 Å². The number of rotatable bonds is 1. The maximum absolute atomic E-state index is 12.2. The Hall–Kier alpha value is -0.670. The van der Waals surface area contributed by atoms with E-state index in [-0.39, 0.29) is 6.10 Å². The van der Waals surface area contributed by atoms with Crippen LogP contribution in [0.2, 0.25) is 0 Å². The zero-order valence-electron chi connectivity index (χ0n) is 7.03. The van der Waals surface area contributed by atoms with Crippen LogP contribution in [-0.4, -0.2) is 12.3 Å². The predicted molar refractivity (Wildman–Crippen MR) is 38.5 cm³/mol. The van der Waals surface area contributed by atoms with Crippen molar-refractivity contribution in [3.05, 3.63) is 11.3 Å². The van der Waals surface area contributed by atoms with E-state index in [0.29, 0.717) is 18.4 Å². The third-order valence-corrected chi connectivity index (χ3v) is 1.86. The van der Waals surface area contributed by atoms with E-state index in [9.17, 15) is 13.2 Å². The van der Waals surface area contributed by atoms with Gasteiger partial charge in [-0.1, -0.05) is 6.92 Å². The van der Waals surface area contributed by atoms with Crippen LogP contribution in [-0.2, 0) is 4.74 Å². The van der Waals surface area contributed by atoms with Gasteiger partial charge in [-0.25, -0.2) is 0 Å². The van der Waals surface area contributed by atoms with Crippen molar-refractivity contribution in [1.82, 2.24) is 0 Å². The summed E-state index contributed by atoms with van der Waals surface area (Å²) in [5, 5.41) is 0. The second-order valence-corrected chi connectivity index (χ2v) is 2.92. The first kappa shape index (κ1) is 9.42. The fraction of sp³-hybridized carbons (Fsp3) is 0.750. The monoisotopic (exact) mass is 180 g/mol. The highest BCUT2D eigenvalue weighted by Gasteiger charge is 2.42. The van der Waals surface area contributed by atoms with Crippen LogP contribution in [0.25, 0.3) is 0 Å². The van der Waals surface area contributed by atoms with Gasteiger partial charge in [-0.2, -0.15) is 13.2 Å². The van der Waals surface area contributed by atoms with Gasteiger partial charge in [0.15, 0.2) is 5.76 Å². The van der Waals surface area contributed by atoms with Crippen LogP contribution in [0.1, 0.15) is 26.7 Å². The van der Waals surface area contributed by atoms with Crippen molar-refractivity contribution in [1.29, 1.82) is 0 Å². The smallest absolute Gasteiger partial charge is 0.448 e. The highest BCUT2D eigenvalue weighted by molar-refractivity contribution is 5.18. The summed E-state index contributed by atoms with van der Waals surface area (Å²) in [6.07, 6.45) is -3.81. The summed E-state index contributed by atoms with van der Waals surface area (Å²) >= 11 is 0. The normalized spacial score (nSPS) is 24.6. The lowest BCUT2D eigenvalue weighted by molar-refractivity contribution is -0.133. The number of hydrogen-bond acceptors (Lipinski definition) is 1. The molecule has 1 atom stereocenters. The van der Waals surface area contributed by atoms with Gasteiger partial charge in [0.2, 0.25) is 0 Å². The molecule has 1 nitrogen and oxygen atoms in total. The van der Waals surface area contributed by atoms with Gasteiger partial charge in [-0.15, -0.1) is 0 Å². The van der Waals surface area contributed by atoms with E-state index >= 15 is 0 Å². The number of halogens is 3. The average Bonchev–Trinajstić information content (AvgIpc) is 2.29. The van der Waals surface area contributed by atoms with Gasteiger partial charge in [0.1, 0.15) is 0 Å². The molecule has 1 unspecified atom stereocenters. The molecule has 0 saturated heterocycles. The summed E-state index contributed by atoms with van der Waals surface area (Å²) in [5.74, 6) is -0.766. The van der Waals surface area contributed by atoms with Crippen LogP contribution in [0.15, 0.2) is 11.3 Å². The highest BCUT2D eigenvalue weighted by atomic mass is 19.4. The van der Waals surface area contributed by atoms with E-state index < -0.39 is 11.9 Å². The van der Waals surface area contributed by atoms with Crippen molar-refractivity contribution >= 4 is 0 Å². The Labute approximate surface area is 69.2 Å². The van der Waals surface area contributed by atoms with Gasteiger partial charge in [0.25, 0.3) is 0 Å². The fourth-order valence-electron chi connectivity index (χ4n) is 1.34. The molecular weight excluding hydrogens is 169 g/mol. The van der Waals surface area contributed by atoms with Crippen LogP contribution in [0, 0.1) is 0 Å². The Morgan fingerprint density at radius 3 is 2.42 bits per heavy atom. The van der Waals surface area contributed by atoms with Crippen LogP contribution in [0.3, 0.4) is 0 Å². The molecule has 70 valence electrons. The van der Waals surface area contributed by atoms with Gasteiger partial charge in [0, 0.05) is 6.42 Å². The molecule has 4 heteroatoms. The van der Waals surface area contributed by atoms with Crippen molar-refractivity contribution in [2.24, 2.45) is 0 Å². The minimum atomic E-state index is -4.31. The van der Waals surface area contributed by atoms with Crippen LogP contribution < -0.4 is 0 Å². The van der Waals surface area contributed by atoms with E-state index in [2.05, 4.69) is 4.74 Å². The van der Waals surface area contributed by atoms with Gasteiger partial charge in [0.05, 0.1) is 6.10 Å². The molecule has 1 rings (SSSR count). The summed E-state index contributed by atoms with van der Waals surface area (Å²) in [6, 6.07) is 0. The molecule has 1 heterocycles. The Morgan fingerprint density at radius 1 is 1.50 bits per heavy atom. The van der Waals surface area contributed by atoms with Crippen molar-refractivity contribution in [2.75, 3.05) is 0 Å². The third-order valence-electron chi connectivity index (χ3n) is 1.86. The molecule has 12 heavy (non-hydrogen) atoms. The summed E-state index contributed by atoms with van der Waals surface area (Å²) in [5.41, 5.74) is 0.384. The molecule has 1 aliphatic heterocycles. The maximum Gasteiger partial charge on any atom is 0.448 e. The van der Waals surface area contributed by atoms with Gasteiger partial charge < -0.3 is 4.74 Å². The van der Waals surface area contributed by atoms with Crippen molar-refractivity contribution < 1.29 is 17.9 Å². The van der Waals surface area contributed by atoms with E-state index in [4.69, 9.17) is 0 Å². The van der Waals surface area contributed by atoms with Crippen molar-refractivity contribution in [2.45, 2.75) is 39.0 Å². The van der Waals surface area contributed by atoms with Crippen molar-refractivity contribution in [3.8, 4) is 0 Å². The quantitative estimate of drug-likeness (QED) is 0.602. The summed E-state index contributed by atoms with van der Waals surface area (Å²) in [7, 11) is 0. The minimum Gasteiger partial charge on any atom is -0.486 e. The third kappa shape index (κ3) is 1.73. The second kappa shape index (κ2) is 2.99. The molecule has 0 radical (unpaired) electrons. The fourth-order valence-corrected chi connectivity index (χ4v) is 1.34. The molecule has 0 bridgehead atoms. The summed E-state index contributed by atoms with van der Waals surface area (Å²) in [6.45, 7) is 3.36. The Bertz CT molecular complexity index is 205. The first-order valence-corrected chi connectivity index (χ1v) is 3.91. The van der Waals surface area contributed by atoms with Crippen LogP contribution in [0.4, 0.5) is 13.2 Å². The van der Waals surface area contributed by atoms with E-state index in [1.54, 1.807) is 13.8 Å². The first-order valence-electron chi connectivity index (χ1n) is 3.91. The van der Waals surface area contributed by atoms with Crippen molar-refractivity contribution in [3.63, 3.8) is 0 Å². The number of allylic oxidation sites excluding steroid dienone is 1. The van der Waals surface area contributed by atoms with Crippen LogP contribution >= 0.6 is 0 Å². The Kier molecular flexibility index (Phi) is 2.35. The minimum absolute atomic E-state index is 0.323. The zero-order valence-corrected chi connectivity index (χ0v) is 7.03. The largest absolute Gasteiger partial charge is 0.486 e. The maximum atomic E-state index is 12.2. The molecule has 0 fully saturated rings. The first-order chi connectivity index (χ1) is 5.45. The summed E-state index contributed by atoms with van der Waals surface area (Å²) < 4.78 is 41.2. The zero-order chi connectivity index (χ0) is 9.35. The molecule has 0 spiro atoms. The molecule has 0 amide bonds. The molecule has 0 aromatic rings. The molecule has 0 aromatic heterocycles. The van der Waals surface area contributed by atoms with E-state index in [1.807, 2.05) is 0 Å². The number of alkyl halides is 3. The van der Waals surface area contributed by atoms with E-state index in [0.717, 1.165) is 0 Å². The average molecular weight is 180 g/mol. The number of hydrogen-bond donors (Lipinski definition) is 0. The standard InChI is InChI=1S/C8H11F3O/c1-3-6-4-5(2)12-7(6)8(9,10)11/h5H,3-4H2,1-2H3. The van der Waals surface area contributed by atoms with E-state index in [1.165, 1.54) is 0 Å². The lowest BCUT2D eigenvalue weighted by Crippen LogP contribution is -2.14. The predicted octanol–water partition coefficient (Wildman–Crippen LogP) is 3.02. The highest BCUT2D eigenvalue weighted by Crippen LogP contribution is 2.37. The lowest BCUT2D eigenvalue weighted by Gasteiger charge is -2.10. The van der Waals surface area contributed by atoms with Gasteiger partial charge >= 0.3 is 6.18 Å². The van der Waals surface area contributed by atoms with Gasteiger partial charge in [-0.05, 0) is 18.9 Å². The van der Waals surface area contributed by atoms with Crippen LogP contribution in [0.5, 0.6) is 0 Å². The molecule has 1 aliphatic rings. The summed E-state index contributed by atoms with van der Waals surface area (Å²) in [4.78, 5) is 0.